The van der Waals surface area contributed by atoms with Crippen molar-refractivity contribution in [1.82, 2.24) is 4.90 Å². The summed E-state index contributed by atoms with van der Waals surface area (Å²) in [5.74, 6) is -0.123. The summed E-state index contributed by atoms with van der Waals surface area (Å²) >= 11 is 0. The van der Waals surface area contributed by atoms with Gasteiger partial charge in [0, 0.05) is 13.0 Å². The van der Waals surface area contributed by atoms with Gasteiger partial charge in [0.05, 0.1) is 19.1 Å². The SMILES string of the molecule is CCN(CCCC(=O)OC)CC(C)C#N. The minimum atomic E-state index is -0.167. The number of nitriles is 1. The molecule has 4 nitrogen and oxygen atoms in total. The van der Waals surface area contributed by atoms with Gasteiger partial charge in [0.25, 0.3) is 0 Å². The molecule has 4 heteroatoms. The van der Waals surface area contributed by atoms with Gasteiger partial charge in [0.15, 0.2) is 0 Å². The number of ether oxygens (including phenoxy) is 1. The maximum Gasteiger partial charge on any atom is 0.305 e. The summed E-state index contributed by atoms with van der Waals surface area (Å²) in [5.41, 5.74) is 0. The van der Waals surface area contributed by atoms with Crippen molar-refractivity contribution in [1.29, 1.82) is 5.26 Å². The largest absolute Gasteiger partial charge is 0.469 e. The summed E-state index contributed by atoms with van der Waals surface area (Å²) in [5, 5.41) is 8.68. The number of nitrogens with zero attached hydrogens (tertiary/aromatic N) is 2. The van der Waals surface area contributed by atoms with Crippen molar-refractivity contribution in [2.75, 3.05) is 26.7 Å². The summed E-state index contributed by atoms with van der Waals surface area (Å²) in [4.78, 5) is 13.0. The lowest BCUT2D eigenvalue weighted by atomic mass is 10.2. The van der Waals surface area contributed by atoms with Gasteiger partial charge in [-0.3, -0.25) is 4.79 Å². The highest BCUT2D eigenvalue weighted by molar-refractivity contribution is 5.69. The molecule has 0 bridgehead atoms. The molecular weight excluding hydrogens is 192 g/mol. The third kappa shape index (κ3) is 6.92. The van der Waals surface area contributed by atoms with Crippen LogP contribution >= 0.6 is 0 Å². The number of rotatable bonds is 7. The van der Waals surface area contributed by atoms with E-state index in [0.29, 0.717) is 6.42 Å². The van der Waals surface area contributed by atoms with Gasteiger partial charge in [-0.1, -0.05) is 6.92 Å². The molecule has 0 aromatic carbocycles. The highest BCUT2D eigenvalue weighted by Gasteiger charge is 2.08. The zero-order valence-corrected chi connectivity index (χ0v) is 9.82. The molecule has 86 valence electrons. The van der Waals surface area contributed by atoms with Crippen LogP contribution in [0.1, 0.15) is 26.7 Å². The molecule has 0 aliphatic heterocycles. The van der Waals surface area contributed by atoms with Gasteiger partial charge in [-0.15, -0.1) is 0 Å². The Morgan fingerprint density at radius 1 is 1.60 bits per heavy atom. The third-order valence-corrected chi connectivity index (χ3v) is 2.28. The smallest absolute Gasteiger partial charge is 0.305 e. The molecule has 1 unspecified atom stereocenters. The first-order valence-corrected chi connectivity index (χ1v) is 5.32. The molecule has 0 radical (unpaired) electrons. The first kappa shape index (κ1) is 13.9. The Hall–Kier alpha value is -1.08. The number of methoxy groups -OCH3 is 1. The number of carbonyl (C=O) groups is 1. The van der Waals surface area contributed by atoms with Crippen molar-refractivity contribution < 1.29 is 9.53 Å². The van der Waals surface area contributed by atoms with Crippen LogP contribution < -0.4 is 0 Å². The summed E-state index contributed by atoms with van der Waals surface area (Å²) < 4.78 is 4.56. The number of esters is 1. The van der Waals surface area contributed by atoms with Crippen LogP contribution in [0.4, 0.5) is 0 Å². The standard InChI is InChI=1S/C11H20N2O2/c1-4-13(9-10(2)8-12)7-5-6-11(14)15-3/h10H,4-7,9H2,1-3H3. The quantitative estimate of drug-likeness (QED) is 0.599. The molecular formula is C11H20N2O2. The van der Waals surface area contributed by atoms with E-state index in [1.165, 1.54) is 7.11 Å². The van der Waals surface area contributed by atoms with Crippen LogP contribution in [0.2, 0.25) is 0 Å². The summed E-state index contributed by atoms with van der Waals surface area (Å²) in [6, 6.07) is 2.21. The van der Waals surface area contributed by atoms with Crippen LogP contribution in [0, 0.1) is 17.2 Å². The molecule has 0 aliphatic carbocycles. The first-order chi connectivity index (χ1) is 7.13. The number of hydrogen-bond acceptors (Lipinski definition) is 4. The lowest BCUT2D eigenvalue weighted by molar-refractivity contribution is -0.140. The van der Waals surface area contributed by atoms with Gasteiger partial charge >= 0.3 is 5.97 Å². The van der Waals surface area contributed by atoms with Gasteiger partial charge in [-0.25, -0.2) is 0 Å². The van der Waals surface area contributed by atoms with E-state index in [2.05, 4.69) is 22.6 Å². The fourth-order valence-electron chi connectivity index (χ4n) is 1.36. The lowest BCUT2D eigenvalue weighted by Gasteiger charge is -2.20. The molecule has 0 fully saturated rings. The highest BCUT2D eigenvalue weighted by atomic mass is 16.5. The van der Waals surface area contributed by atoms with Crippen molar-refractivity contribution in [2.24, 2.45) is 5.92 Å². The second-order valence-electron chi connectivity index (χ2n) is 3.60. The van der Waals surface area contributed by atoms with Crippen LogP contribution in [-0.2, 0) is 9.53 Å². The second kappa shape index (κ2) is 8.25. The number of carbonyl (C=O) groups excluding carboxylic acids is 1. The van der Waals surface area contributed by atoms with Crippen LogP contribution in [-0.4, -0.2) is 37.6 Å². The molecule has 0 amide bonds. The second-order valence-corrected chi connectivity index (χ2v) is 3.60. The Labute approximate surface area is 91.8 Å². The van der Waals surface area contributed by atoms with Gasteiger partial charge in [-0.05, 0) is 26.4 Å². The fourth-order valence-corrected chi connectivity index (χ4v) is 1.36. The Morgan fingerprint density at radius 2 is 2.27 bits per heavy atom. The lowest BCUT2D eigenvalue weighted by Crippen LogP contribution is -2.29. The van der Waals surface area contributed by atoms with E-state index in [0.717, 1.165) is 26.1 Å². The summed E-state index contributed by atoms with van der Waals surface area (Å²) in [7, 11) is 1.40. The molecule has 0 spiro atoms. The van der Waals surface area contributed by atoms with E-state index in [4.69, 9.17) is 5.26 Å². The predicted octanol–water partition coefficient (Wildman–Crippen LogP) is 1.42. The maximum atomic E-state index is 10.9. The highest BCUT2D eigenvalue weighted by Crippen LogP contribution is 2.01. The monoisotopic (exact) mass is 212 g/mol. The van der Waals surface area contributed by atoms with Gasteiger partial charge in [-0.2, -0.15) is 5.26 Å². The molecule has 1 atom stereocenters. The first-order valence-electron chi connectivity index (χ1n) is 5.32. The normalized spacial score (nSPS) is 12.2. The topological polar surface area (TPSA) is 53.3 Å². The maximum absolute atomic E-state index is 10.9. The van der Waals surface area contributed by atoms with Crippen LogP contribution in [0.25, 0.3) is 0 Å². The molecule has 0 aromatic rings. The van der Waals surface area contributed by atoms with Crippen molar-refractivity contribution in [2.45, 2.75) is 26.7 Å². The van der Waals surface area contributed by atoms with E-state index in [1.54, 1.807) is 0 Å². The van der Waals surface area contributed by atoms with Crippen LogP contribution in [0.15, 0.2) is 0 Å². The zero-order chi connectivity index (χ0) is 11.7. The van der Waals surface area contributed by atoms with Crippen molar-refractivity contribution >= 4 is 5.97 Å². The Balaban J connectivity index is 3.71. The molecule has 0 rings (SSSR count). The molecule has 0 aliphatic rings. The van der Waals surface area contributed by atoms with E-state index in [1.807, 2.05) is 6.92 Å². The fraction of sp³-hybridized carbons (Fsp3) is 0.818. The zero-order valence-electron chi connectivity index (χ0n) is 9.82. The molecule has 0 N–H and O–H groups in total. The Kier molecular flexibility index (Phi) is 7.65. The Bertz CT molecular complexity index is 223. The average Bonchev–Trinajstić information content (AvgIpc) is 2.26. The van der Waals surface area contributed by atoms with Gasteiger partial charge in [0.1, 0.15) is 0 Å². The van der Waals surface area contributed by atoms with Crippen LogP contribution in [0.5, 0.6) is 0 Å². The van der Waals surface area contributed by atoms with Gasteiger partial charge in [0.2, 0.25) is 0 Å². The van der Waals surface area contributed by atoms with Crippen LogP contribution in [0.3, 0.4) is 0 Å². The summed E-state index contributed by atoms with van der Waals surface area (Å²) in [6.45, 7) is 6.49. The van der Waals surface area contributed by atoms with E-state index in [-0.39, 0.29) is 11.9 Å². The molecule has 0 saturated carbocycles. The summed E-state index contributed by atoms with van der Waals surface area (Å²) in [6.07, 6.45) is 1.24. The minimum Gasteiger partial charge on any atom is -0.469 e. The average molecular weight is 212 g/mol. The predicted molar refractivity (Wildman–Crippen MR) is 58.1 cm³/mol. The Morgan fingerprint density at radius 3 is 2.73 bits per heavy atom. The van der Waals surface area contributed by atoms with E-state index >= 15 is 0 Å². The van der Waals surface area contributed by atoms with E-state index in [9.17, 15) is 4.79 Å². The molecule has 0 saturated heterocycles. The van der Waals surface area contributed by atoms with Crippen molar-refractivity contribution in [3.05, 3.63) is 0 Å². The van der Waals surface area contributed by atoms with E-state index < -0.39 is 0 Å². The molecule has 0 aromatic heterocycles. The minimum absolute atomic E-state index is 0.0445. The molecule has 15 heavy (non-hydrogen) atoms. The van der Waals surface area contributed by atoms with Gasteiger partial charge < -0.3 is 9.64 Å². The number of hydrogen-bond donors (Lipinski definition) is 0. The van der Waals surface area contributed by atoms with Crippen molar-refractivity contribution in [3.63, 3.8) is 0 Å². The third-order valence-electron chi connectivity index (χ3n) is 2.28. The molecule has 0 heterocycles. The van der Waals surface area contributed by atoms with Crippen molar-refractivity contribution in [3.8, 4) is 6.07 Å².